The molecule has 10 heteroatoms. The number of halogens is 2. The first-order chi connectivity index (χ1) is 13.5. The zero-order chi connectivity index (χ0) is 21.4. The van der Waals surface area contributed by atoms with Gasteiger partial charge in [-0.05, 0) is 62.2 Å². The lowest BCUT2D eigenvalue weighted by molar-refractivity contribution is -0.127. The van der Waals surface area contributed by atoms with Crippen molar-refractivity contribution in [2.24, 2.45) is 0 Å². The topological polar surface area (TPSA) is 83.6 Å². The Bertz CT molecular complexity index is 928. The molecule has 0 unspecified atom stereocenters. The highest BCUT2D eigenvalue weighted by molar-refractivity contribution is 8.18. The van der Waals surface area contributed by atoms with Crippen LogP contribution in [0, 0.1) is 0 Å². The van der Waals surface area contributed by atoms with Gasteiger partial charge in [0.05, 0.1) is 4.91 Å². The molecule has 0 radical (unpaired) electrons. The van der Waals surface area contributed by atoms with Crippen molar-refractivity contribution in [1.29, 1.82) is 0 Å². The van der Waals surface area contributed by atoms with E-state index in [0.29, 0.717) is 28.3 Å². The molecule has 1 saturated carbocycles. The fourth-order valence-electron chi connectivity index (χ4n) is 3.14. The minimum Gasteiger partial charge on any atom is -0.325 e. The van der Waals surface area contributed by atoms with Crippen LogP contribution in [0.1, 0.15) is 25.7 Å². The van der Waals surface area contributed by atoms with Gasteiger partial charge in [-0.2, -0.15) is 0 Å². The molecule has 1 aliphatic carbocycles. The summed E-state index contributed by atoms with van der Waals surface area (Å²) in [5.74, 6) is -3.90. The third-order valence-corrected chi connectivity index (χ3v) is 7.43. The highest BCUT2D eigenvalue weighted by atomic mass is 32.2. The number of hydrogen-bond donors (Lipinski definition) is 1. The van der Waals surface area contributed by atoms with E-state index in [4.69, 9.17) is 0 Å². The van der Waals surface area contributed by atoms with Crippen molar-refractivity contribution < 1.29 is 27.7 Å². The van der Waals surface area contributed by atoms with Gasteiger partial charge in [-0.15, -0.1) is 0 Å². The summed E-state index contributed by atoms with van der Waals surface area (Å²) >= 11 is 0.703. The Labute approximate surface area is 171 Å². The molecule has 3 rings (SSSR count). The maximum absolute atomic E-state index is 13.3. The molecule has 2 fully saturated rings. The third kappa shape index (κ3) is 5.14. The second-order valence-electron chi connectivity index (χ2n) is 7.49. The van der Waals surface area contributed by atoms with Gasteiger partial charge in [0, 0.05) is 23.8 Å². The second-order valence-corrected chi connectivity index (χ2v) is 11.7. The molecule has 0 aromatic heterocycles. The number of hydrogen-bond acceptors (Lipinski definition) is 5. The normalized spacial score (nSPS) is 19.7. The summed E-state index contributed by atoms with van der Waals surface area (Å²) in [5.41, 5.74) is 1.01. The van der Waals surface area contributed by atoms with E-state index in [-0.39, 0.29) is 30.6 Å². The van der Waals surface area contributed by atoms with Crippen molar-refractivity contribution in [2.45, 2.75) is 31.6 Å². The summed E-state index contributed by atoms with van der Waals surface area (Å²) in [6, 6.07) is 6.51. The predicted molar refractivity (Wildman–Crippen MR) is 109 cm³/mol. The first-order valence-corrected chi connectivity index (χ1v) is 12.5. The molecule has 1 aromatic rings. The molecule has 29 heavy (non-hydrogen) atoms. The summed E-state index contributed by atoms with van der Waals surface area (Å²) in [6.07, 6.45) is -0.543. The summed E-state index contributed by atoms with van der Waals surface area (Å²) < 4.78 is 38.7. The molecule has 0 atom stereocenters. The summed E-state index contributed by atoms with van der Waals surface area (Å²) in [7, 11) is -2.41. The van der Waals surface area contributed by atoms with Crippen molar-refractivity contribution in [3.8, 4) is 0 Å². The van der Waals surface area contributed by atoms with E-state index in [1.54, 1.807) is 37.6 Å². The van der Waals surface area contributed by atoms with E-state index in [1.807, 2.05) is 0 Å². The van der Waals surface area contributed by atoms with E-state index in [0.717, 1.165) is 4.90 Å². The fraction of sp³-hybridized carbons (Fsp3) is 0.421. The van der Waals surface area contributed by atoms with Gasteiger partial charge >= 0.3 is 0 Å². The SMILES string of the molecule is CP(C)(=O)c1ccc(NC(=O)CN2C(=O)SC(=C3CCC(F)(F)CC3)C2=O)cc1. The summed E-state index contributed by atoms with van der Waals surface area (Å²) in [5, 5.41) is 2.68. The maximum Gasteiger partial charge on any atom is 0.294 e. The van der Waals surface area contributed by atoms with Crippen LogP contribution in [0.4, 0.5) is 19.3 Å². The van der Waals surface area contributed by atoms with Crippen LogP contribution in [0.15, 0.2) is 34.7 Å². The molecular formula is C19H21F2N2O4PS. The van der Waals surface area contributed by atoms with Crippen LogP contribution in [0.2, 0.25) is 0 Å². The first-order valence-electron chi connectivity index (χ1n) is 9.05. The molecular weight excluding hydrogens is 421 g/mol. The van der Waals surface area contributed by atoms with Crippen molar-refractivity contribution in [1.82, 2.24) is 4.90 Å². The van der Waals surface area contributed by atoms with Gasteiger partial charge in [0.15, 0.2) is 0 Å². The van der Waals surface area contributed by atoms with Crippen molar-refractivity contribution in [3.63, 3.8) is 0 Å². The Morgan fingerprint density at radius 2 is 1.76 bits per heavy atom. The van der Waals surface area contributed by atoms with Crippen LogP contribution in [0.25, 0.3) is 0 Å². The molecule has 1 heterocycles. The van der Waals surface area contributed by atoms with Crippen molar-refractivity contribution in [3.05, 3.63) is 34.7 Å². The highest BCUT2D eigenvalue weighted by Crippen LogP contribution is 2.42. The van der Waals surface area contributed by atoms with E-state index in [9.17, 15) is 27.7 Å². The molecule has 156 valence electrons. The van der Waals surface area contributed by atoms with Gasteiger partial charge in [-0.1, -0.05) is 5.57 Å². The van der Waals surface area contributed by atoms with E-state index in [1.165, 1.54) is 0 Å². The monoisotopic (exact) mass is 442 g/mol. The van der Waals surface area contributed by atoms with Crippen LogP contribution in [0.5, 0.6) is 0 Å². The first kappa shape index (κ1) is 21.7. The zero-order valence-corrected chi connectivity index (χ0v) is 17.7. The van der Waals surface area contributed by atoms with Gasteiger partial charge < -0.3 is 9.88 Å². The number of nitrogens with zero attached hydrogens (tertiary/aromatic N) is 1. The molecule has 1 saturated heterocycles. The van der Waals surface area contributed by atoms with Gasteiger partial charge in [0.2, 0.25) is 11.8 Å². The minimum absolute atomic E-state index is 0.0689. The van der Waals surface area contributed by atoms with Crippen LogP contribution in [0.3, 0.4) is 0 Å². The standard InChI is InChI=1S/C19H21F2N2O4PS/c1-28(2,27)14-5-3-13(4-6-14)22-15(24)11-23-17(25)16(29-18(23)26)12-7-9-19(20,21)10-8-12/h3-6H,7-11H2,1-2H3,(H,22,24). The minimum atomic E-state index is -2.74. The number of benzene rings is 1. The average Bonchev–Trinajstić information content (AvgIpc) is 2.89. The number of imide groups is 1. The van der Waals surface area contributed by atoms with E-state index in [2.05, 4.69) is 5.32 Å². The lowest BCUT2D eigenvalue weighted by Crippen LogP contribution is -2.36. The van der Waals surface area contributed by atoms with Gasteiger partial charge in [0.1, 0.15) is 13.7 Å². The smallest absolute Gasteiger partial charge is 0.294 e. The number of thioether (sulfide) groups is 1. The number of anilines is 1. The molecule has 1 N–H and O–H groups in total. The highest BCUT2D eigenvalue weighted by Gasteiger charge is 2.41. The molecule has 6 nitrogen and oxygen atoms in total. The van der Waals surface area contributed by atoms with E-state index < -0.39 is 36.7 Å². The Hall–Kier alpha value is -1.99. The van der Waals surface area contributed by atoms with Gasteiger partial charge in [-0.3, -0.25) is 19.3 Å². The third-order valence-electron chi connectivity index (χ3n) is 4.83. The summed E-state index contributed by atoms with van der Waals surface area (Å²) in [4.78, 5) is 38.0. The fourth-order valence-corrected chi connectivity index (χ4v) is 4.99. The molecule has 3 amide bonds. The zero-order valence-electron chi connectivity index (χ0n) is 16.0. The van der Waals surface area contributed by atoms with Crippen LogP contribution in [-0.4, -0.2) is 47.8 Å². The number of nitrogens with one attached hydrogen (secondary N) is 1. The van der Waals surface area contributed by atoms with Gasteiger partial charge in [0.25, 0.3) is 11.1 Å². The van der Waals surface area contributed by atoms with Crippen LogP contribution in [-0.2, 0) is 14.2 Å². The molecule has 1 aliphatic heterocycles. The molecule has 1 aromatic carbocycles. The predicted octanol–water partition coefficient (Wildman–Crippen LogP) is 4.03. The quantitative estimate of drug-likeness (QED) is 0.562. The second kappa shape index (κ2) is 8.03. The molecule has 2 aliphatic rings. The Balaban J connectivity index is 1.64. The lowest BCUT2D eigenvalue weighted by Gasteiger charge is -2.24. The van der Waals surface area contributed by atoms with Crippen LogP contribution < -0.4 is 10.6 Å². The lowest BCUT2D eigenvalue weighted by atomic mass is 9.91. The Morgan fingerprint density at radius 3 is 2.31 bits per heavy atom. The number of allylic oxidation sites excluding steroid dienone is 1. The Kier molecular flexibility index (Phi) is 6.01. The van der Waals surface area contributed by atoms with Crippen molar-refractivity contribution >= 4 is 46.9 Å². The number of amides is 3. The van der Waals surface area contributed by atoms with Crippen LogP contribution >= 0.6 is 18.9 Å². The maximum atomic E-state index is 13.3. The number of alkyl halides is 2. The average molecular weight is 442 g/mol. The van der Waals surface area contributed by atoms with Gasteiger partial charge in [-0.25, -0.2) is 8.78 Å². The largest absolute Gasteiger partial charge is 0.325 e. The van der Waals surface area contributed by atoms with Crippen molar-refractivity contribution in [2.75, 3.05) is 25.2 Å². The summed E-state index contributed by atoms with van der Waals surface area (Å²) in [6.45, 7) is 2.82. The number of rotatable bonds is 4. The molecule has 0 spiro atoms. The number of carbonyl (C=O) groups is 3. The van der Waals surface area contributed by atoms with E-state index >= 15 is 0 Å². The Morgan fingerprint density at radius 1 is 1.17 bits per heavy atom. The molecule has 0 bridgehead atoms. The number of carbonyl (C=O) groups excluding carboxylic acids is 3.